The number of para-hydroxylation sites is 1. The van der Waals surface area contributed by atoms with Gasteiger partial charge in [0.15, 0.2) is 11.0 Å². The van der Waals surface area contributed by atoms with E-state index in [1.807, 2.05) is 52.0 Å². The number of nitrogens with zero attached hydrogens (tertiary/aromatic N) is 4. The quantitative estimate of drug-likeness (QED) is 0.336. The second-order valence-corrected chi connectivity index (χ2v) is 8.99. The van der Waals surface area contributed by atoms with Crippen LogP contribution in [0.1, 0.15) is 51.1 Å². The van der Waals surface area contributed by atoms with Gasteiger partial charge in [-0.25, -0.2) is 4.98 Å². The van der Waals surface area contributed by atoms with Crippen LogP contribution < -0.4 is 5.56 Å². The molecule has 0 spiro atoms. The molecule has 0 saturated heterocycles. The first-order valence-corrected chi connectivity index (χ1v) is 10.2. The van der Waals surface area contributed by atoms with Gasteiger partial charge >= 0.3 is 0 Å². The highest BCUT2D eigenvalue weighted by Gasteiger charge is 2.25. The van der Waals surface area contributed by atoms with Crippen LogP contribution in [0.15, 0.2) is 38.7 Å². The fourth-order valence-electron chi connectivity index (χ4n) is 2.72. The van der Waals surface area contributed by atoms with Gasteiger partial charge in [-0.05, 0) is 25.5 Å². The molecule has 1 atom stereocenters. The summed E-state index contributed by atoms with van der Waals surface area (Å²) in [6.45, 7) is 9.22. The maximum atomic E-state index is 13.0. The molecule has 28 heavy (non-hydrogen) atoms. The summed E-state index contributed by atoms with van der Waals surface area (Å²) >= 11 is 1.45. The fourth-order valence-corrected chi connectivity index (χ4v) is 3.68. The van der Waals surface area contributed by atoms with Crippen LogP contribution in [0.3, 0.4) is 0 Å². The second-order valence-electron chi connectivity index (χ2n) is 7.68. The Hall–Kier alpha value is -2.19. The van der Waals surface area contributed by atoms with Crippen LogP contribution >= 0.6 is 11.8 Å². The fraction of sp³-hybridized carbons (Fsp3) is 0.500. The number of methoxy groups -OCH3 is 1. The summed E-state index contributed by atoms with van der Waals surface area (Å²) < 4.78 is 12.3. The number of hydrogen-bond acceptors (Lipinski definition) is 7. The Labute approximate surface area is 168 Å². The molecule has 0 bridgehead atoms. The summed E-state index contributed by atoms with van der Waals surface area (Å²) in [6, 6.07) is 7.40. The Morgan fingerprint density at radius 2 is 2.00 bits per heavy atom. The number of rotatable bonds is 7. The number of fused-ring (bicyclic) bond motifs is 1. The predicted octanol–water partition coefficient (Wildman–Crippen LogP) is 3.97. The van der Waals surface area contributed by atoms with E-state index in [-0.39, 0.29) is 16.2 Å². The zero-order valence-electron chi connectivity index (χ0n) is 16.9. The summed E-state index contributed by atoms with van der Waals surface area (Å²) in [5.41, 5.74) is 0.457. The van der Waals surface area contributed by atoms with Crippen LogP contribution in [0.4, 0.5) is 0 Å². The van der Waals surface area contributed by atoms with Gasteiger partial charge in [0.05, 0.1) is 16.2 Å². The van der Waals surface area contributed by atoms with E-state index in [4.69, 9.17) is 14.2 Å². The topological polar surface area (TPSA) is 83.0 Å². The van der Waals surface area contributed by atoms with Crippen molar-refractivity contribution in [1.82, 2.24) is 19.7 Å². The molecule has 0 fully saturated rings. The first kappa shape index (κ1) is 20.5. The van der Waals surface area contributed by atoms with Gasteiger partial charge in [-0.3, -0.25) is 9.36 Å². The summed E-state index contributed by atoms with van der Waals surface area (Å²) in [7, 11) is 1.65. The molecular formula is C20H26N4O3S. The van der Waals surface area contributed by atoms with Crippen molar-refractivity contribution in [3.05, 3.63) is 46.3 Å². The maximum absolute atomic E-state index is 13.0. The van der Waals surface area contributed by atoms with Crippen molar-refractivity contribution in [2.24, 2.45) is 0 Å². The van der Waals surface area contributed by atoms with Gasteiger partial charge in [0.2, 0.25) is 5.89 Å². The zero-order valence-corrected chi connectivity index (χ0v) is 17.7. The molecule has 7 nitrogen and oxygen atoms in total. The van der Waals surface area contributed by atoms with E-state index in [2.05, 4.69) is 10.1 Å². The van der Waals surface area contributed by atoms with Crippen molar-refractivity contribution < 1.29 is 9.26 Å². The lowest BCUT2D eigenvalue weighted by Gasteiger charge is -2.15. The molecule has 0 aliphatic heterocycles. The molecule has 1 aromatic carbocycles. The first-order valence-electron chi connectivity index (χ1n) is 9.30. The van der Waals surface area contributed by atoms with Gasteiger partial charge in [0.25, 0.3) is 5.56 Å². The van der Waals surface area contributed by atoms with E-state index in [9.17, 15) is 4.79 Å². The first-order chi connectivity index (χ1) is 13.3. The molecule has 2 aromatic heterocycles. The van der Waals surface area contributed by atoms with Gasteiger partial charge in [0.1, 0.15) is 0 Å². The summed E-state index contributed by atoms with van der Waals surface area (Å²) in [5.74, 6) is 1.19. The lowest BCUT2D eigenvalue weighted by Crippen LogP contribution is -2.24. The molecule has 1 unspecified atom stereocenters. The molecule has 150 valence electrons. The number of hydrogen-bond donors (Lipinski definition) is 0. The predicted molar refractivity (Wildman–Crippen MR) is 110 cm³/mol. The van der Waals surface area contributed by atoms with Gasteiger partial charge in [-0.2, -0.15) is 4.98 Å². The minimum Gasteiger partial charge on any atom is -0.385 e. The van der Waals surface area contributed by atoms with E-state index < -0.39 is 0 Å². The van der Waals surface area contributed by atoms with Crippen molar-refractivity contribution in [1.29, 1.82) is 0 Å². The standard InChI is InChI=1S/C20H26N4O3S/c1-13(16-22-18(23-27-16)20(2,3)4)28-19-21-15-10-7-6-9-14(15)17(25)24(19)11-8-12-26-5/h6-7,9-10,13H,8,11-12H2,1-5H3. The largest absolute Gasteiger partial charge is 0.385 e. The minimum atomic E-state index is -0.185. The molecule has 0 radical (unpaired) electrons. The Morgan fingerprint density at radius 1 is 1.25 bits per heavy atom. The van der Waals surface area contributed by atoms with Crippen LogP contribution in [0.25, 0.3) is 10.9 Å². The molecule has 0 aliphatic carbocycles. The summed E-state index contributed by atoms with van der Waals surface area (Å²) in [6.07, 6.45) is 0.729. The van der Waals surface area contributed by atoms with Crippen LogP contribution in [-0.2, 0) is 16.7 Å². The number of ether oxygens (including phenoxy) is 1. The van der Waals surface area contributed by atoms with Crippen molar-refractivity contribution >= 4 is 22.7 Å². The molecule has 0 aliphatic rings. The van der Waals surface area contributed by atoms with Gasteiger partial charge < -0.3 is 9.26 Å². The summed E-state index contributed by atoms with van der Waals surface area (Å²) in [4.78, 5) is 22.3. The smallest absolute Gasteiger partial charge is 0.262 e. The highest BCUT2D eigenvalue weighted by Crippen LogP contribution is 2.34. The van der Waals surface area contributed by atoms with Crippen molar-refractivity contribution in [3.63, 3.8) is 0 Å². The molecule has 8 heteroatoms. The van der Waals surface area contributed by atoms with Crippen molar-refractivity contribution in [2.75, 3.05) is 13.7 Å². The van der Waals surface area contributed by atoms with E-state index in [1.54, 1.807) is 11.7 Å². The Kier molecular flexibility index (Phi) is 6.20. The third kappa shape index (κ3) is 4.44. The summed E-state index contributed by atoms with van der Waals surface area (Å²) in [5, 5.41) is 5.22. The Balaban J connectivity index is 1.95. The second kappa shape index (κ2) is 8.45. The van der Waals surface area contributed by atoms with E-state index in [0.29, 0.717) is 40.9 Å². The van der Waals surface area contributed by atoms with Gasteiger partial charge in [-0.15, -0.1) is 0 Å². The van der Waals surface area contributed by atoms with E-state index >= 15 is 0 Å². The van der Waals surface area contributed by atoms with Crippen LogP contribution in [0, 0.1) is 0 Å². The Morgan fingerprint density at radius 3 is 2.68 bits per heavy atom. The lowest BCUT2D eigenvalue weighted by molar-refractivity contribution is 0.189. The minimum absolute atomic E-state index is 0.0442. The molecule has 3 aromatic rings. The van der Waals surface area contributed by atoms with Crippen molar-refractivity contribution in [2.45, 2.75) is 56.5 Å². The van der Waals surface area contributed by atoms with Crippen LogP contribution in [0.5, 0.6) is 0 Å². The molecule has 2 heterocycles. The lowest BCUT2D eigenvalue weighted by atomic mass is 9.96. The molecule has 3 rings (SSSR count). The highest BCUT2D eigenvalue weighted by atomic mass is 32.2. The van der Waals surface area contributed by atoms with Crippen LogP contribution in [0.2, 0.25) is 0 Å². The van der Waals surface area contributed by atoms with Crippen LogP contribution in [-0.4, -0.2) is 33.4 Å². The SMILES string of the molecule is COCCCn1c(SC(C)c2nc(C(C)(C)C)no2)nc2ccccc2c1=O. The molecule has 0 amide bonds. The van der Waals surface area contributed by atoms with Gasteiger partial charge in [-0.1, -0.05) is 49.8 Å². The third-order valence-corrected chi connectivity index (χ3v) is 5.38. The van der Waals surface area contributed by atoms with Gasteiger partial charge in [0, 0.05) is 25.7 Å². The molecule has 0 saturated carbocycles. The normalized spacial score (nSPS) is 13.2. The number of thioether (sulfide) groups is 1. The van der Waals surface area contributed by atoms with E-state index in [1.165, 1.54) is 11.8 Å². The maximum Gasteiger partial charge on any atom is 0.262 e. The average molecular weight is 403 g/mol. The number of benzene rings is 1. The molecular weight excluding hydrogens is 376 g/mol. The number of aromatic nitrogens is 4. The third-order valence-electron chi connectivity index (χ3n) is 4.30. The molecule has 0 N–H and O–H groups in total. The highest BCUT2D eigenvalue weighted by molar-refractivity contribution is 7.99. The average Bonchev–Trinajstić information content (AvgIpc) is 3.15. The zero-order chi connectivity index (χ0) is 20.3. The monoisotopic (exact) mass is 402 g/mol. The van der Waals surface area contributed by atoms with E-state index in [0.717, 1.165) is 6.42 Å². The Bertz CT molecular complexity index is 1010. The van der Waals surface area contributed by atoms with Crippen molar-refractivity contribution in [3.8, 4) is 0 Å².